The van der Waals surface area contributed by atoms with Crippen molar-refractivity contribution in [2.75, 3.05) is 11.9 Å². The Morgan fingerprint density at radius 3 is 2.57 bits per heavy atom. The molecule has 2 heterocycles. The molecule has 0 spiro atoms. The molecule has 3 aromatic carbocycles. The fraction of sp³-hybridized carbons (Fsp3) is 0.0800. The molecular weight excluding hydrogens is 612 g/mol. The summed E-state index contributed by atoms with van der Waals surface area (Å²) < 4.78 is 2.85. The van der Waals surface area contributed by atoms with Crippen molar-refractivity contribution in [3.05, 3.63) is 97.8 Å². The quantitative estimate of drug-likeness (QED) is 0.236. The van der Waals surface area contributed by atoms with E-state index < -0.39 is 0 Å². The predicted octanol–water partition coefficient (Wildman–Crippen LogP) is 6.58. The van der Waals surface area contributed by atoms with E-state index in [9.17, 15) is 9.59 Å². The van der Waals surface area contributed by atoms with Gasteiger partial charge >= 0.3 is 0 Å². The number of rotatable bonds is 6. The first-order valence-electron chi connectivity index (χ1n) is 10.6. The van der Waals surface area contributed by atoms with Gasteiger partial charge in [-0.2, -0.15) is 0 Å². The Hall–Kier alpha value is -2.50. The van der Waals surface area contributed by atoms with Gasteiger partial charge in [-0.1, -0.05) is 91.4 Å². The number of carbonyl (C=O) groups excluding carboxylic acids is 2. The number of hydrogen-bond donors (Lipinski definition) is 2. The molecular formula is C25H18Br2N4O2S2. The standard InChI is InChI=1S/C25H18Br2N4O2S2/c26-17-7-3-5-15(11-17)12-21-23(33)31(24(34-21)16-6-4-8-18(27)13-16)28-14-22(32)30-25-29-19-9-1-2-10-20(19)35-25/h1-13,24,28H,14H2,(H,29,30,32)/b21-12-. The van der Waals surface area contributed by atoms with Crippen LogP contribution in [0.1, 0.15) is 16.5 Å². The molecule has 0 saturated carbocycles. The lowest BCUT2D eigenvalue weighted by molar-refractivity contribution is -0.130. The van der Waals surface area contributed by atoms with Crippen LogP contribution in [0.15, 0.2) is 86.6 Å². The zero-order valence-electron chi connectivity index (χ0n) is 18.1. The molecule has 0 radical (unpaired) electrons. The molecule has 0 bridgehead atoms. The molecule has 5 rings (SSSR count). The average Bonchev–Trinajstić information content (AvgIpc) is 3.38. The number of thiazole rings is 1. The van der Waals surface area contributed by atoms with Crippen LogP contribution in [0.5, 0.6) is 0 Å². The SMILES string of the molecule is O=C(CNN1C(=O)/C(=C/c2cccc(Br)c2)SC1c1cccc(Br)c1)Nc1nc2ccccc2s1. The smallest absolute Gasteiger partial charge is 0.275 e. The molecule has 1 aromatic heterocycles. The van der Waals surface area contributed by atoms with Crippen molar-refractivity contribution in [1.82, 2.24) is 15.4 Å². The van der Waals surface area contributed by atoms with Crippen LogP contribution in [0.4, 0.5) is 5.13 Å². The van der Waals surface area contributed by atoms with Crippen molar-refractivity contribution in [3.8, 4) is 0 Å². The number of carbonyl (C=O) groups is 2. The number of hydrogen-bond acceptors (Lipinski definition) is 6. The van der Waals surface area contributed by atoms with E-state index in [1.165, 1.54) is 28.1 Å². The lowest BCUT2D eigenvalue weighted by Gasteiger charge is -2.24. The van der Waals surface area contributed by atoms with Crippen molar-refractivity contribution in [3.63, 3.8) is 0 Å². The van der Waals surface area contributed by atoms with E-state index in [0.29, 0.717) is 10.0 Å². The third kappa shape index (κ3) is 5.68. The average molecular weight is 630 g/mol. The minimum Gasteiger partial charge on any atom is -0.301 e. The molecule has 1 aliphatic heterocycles. The second-order valence-corrected chi connectivity index (χ2v) is 11.6. The molecule has 2 N–H and O–H groups in total. The molecule has 1 aliphatic rings. The number of anilines is 1. The number of nitrogens with zero attached hydrogens (tertiary/aromatic N) is 2. The summed E-state index contributed by atoms with van der Waals surface area (Å²) in [5.74, 6) is -0.466. The Kier molecular flexibility index (Phi) is 7.35. The molecule has 35 heavy (non-hydrogen) atoms. The van der Waals surface area contributed by atoms with Gasteiger partial charge in [0.1, 0.15) is 5.37 Å². The Morgan fingerprint density at radius 2 is 1.80 bits per heavy atom. The first kappa shape index (κ1) is 24.2. The molecule has 0 aliphatic carbocycles. The molecule has 176 valence electrons. The van der Waals surface area contributed by atoms with Gasteiger partial charge in [0.05, 0.1) is 21.7 Å². The van der Waals surface area contributed by atoms with Crippen molar-refractivity contribution in [1.29, 1.82) is 0 Å². The summed E-state index contributed by atoms with van der Waals surface area (Å²) in [6.07, 6.45) is 1.87. The second kappa shape index (κ2) is 10.6. The highest BCUT2D eigenvalue weighted by atomic mass is 79.9. The number of hydrazine groups is 1. The van der Waals surface area contributed by atoms with Crippen LogP contribution in [-0.2, 0) is 9.59 Å². The topological polar surface area (TPSA) is 74.3 Å². The molecule has 1 saturated heterocycles. The van der Waals surface area contributed by atoms with Gasteiger partial charge in [0.2, 0.25) is 5.91 Å². The number of amides is 2. The number of nitrogens with one attached hydrogen (secondary N) is 2. The van der Waals surface area contributed by atoms with Crippen LogP contribution < -0.4 is 10.7 Å². The van der Waals surface area contributed by atoms with Crippen LogP contribution >= 0.6 is 55.0 Å². The van der Waals surface area contributed by atoms with Gasteiger partial charge in [-0.15, -0.1) is 0 Å². The first-order chi connectivity index (χ1) is 17.0. The minimum absolute atomic E-state index is 0.0725. The normalized spacial score (nSPS) is 16.9. The van der Waals surface area contributed by atoms with Gasteiger partial charge in [0, 0.05) is 8.95 Å². The maximum Gasteiger partial charge on any atom is 0.275 e. The summed E-state index contributed by atoms with van der Waals surface area (Å²) >= 11 is 9.85. The Balaban J connectivity index is 1.35. The molecule has 2 amide bonds. The summed E-state index contributed by atoms with van der Waals surface area (Å²) in [4.78, 5) is 31.1. The largest absolute Gasteiger partial charge is 0.301 e. The van der Waals surface area contributed by atoms with Crippen molar-refractivity contribution in [2.45, 2.75) is 5.37 Å². The Morgan fingerprint density at radius 1 is 1.03 bits per heavy atom. The Labute approximate surface area is 227 Å². The van der Waals surface area contributed by atoms with Crippen LogP contribution in [0.2, 0.25) is 0 Å². The van der Waals surface area contributed by atoms with Gasteiger partial charge in [0.25, 0.3) is 5.91 Å². The zero-order chi connectivity index (χ0) is 24.4. The first-order valence-corrected chi connectivity index (χ1v) is 13.9. The van der Waals surface area contributed by atoms with E-state index in [1.807, 2.05) is 78.9 Å². The Bertz CT molecular complexity index is 1420. The van der Waals surface area contributed by atoms with Gasteiger partial charge < -0.3 is 5.32 Å². The molecule has 4 aromatic rings. The monoisotopic (exact) mass is 628 g/mol. The summed E-state index contributed by atoms with van der Waals surface area (Å²) in [5.41, 5.74) is 5.73. The van der Waals surface area contributed by atoms with Crippen molar-refractivity contribution >= 4 is 88.2 Å². The number of aromatic nitrogens is 1. The van der Waals surface area contributed by atoms with Crippen LogP contribution in [0.25, 0.3) is 16.3 Å². The predicted molar refractivity (Wildman–Crippen MR) is 150 cm³/mol. The van der Waals surface area contributed by atoms with Gasteiger partial charge in [-0.3, -0.25) is 14.6 Å². The maximum absolute atomic E-state index is 13.4. The van der Waals surface area contributed by atoms with E-state index >= 15 is 0 Å². The number of fused-ring (bicyclic) bond motifs is 1. The highest BCUT2D eigenvalue weighted by Crippen LogP contribution is 2.45. The van der Waals surface area contributed by atoms with Gasteiger partial charge in [0.15, 0.2) is 5.13 Å². The lowest BCUT2D eigenvalue weighted by Crippen LogP contribution is -2.44. The van der Waals surface area contributed by atoms with Crippen LogP contribution in [0.3, 0.4) is 0 Å². The van der Waals surface area contributed by atoms with Crippen LogP contribution in [0, 0.1) is 0 Å². The van der Waals surface area contributed by atoms with E-state index in [-0.39, 0.29) is 23.7 Å². The summed E-state index contributed by atoms with van der Waals surface area (Å²) in [6, 6.07) is 23.3. The highest BCUT2D eigenvalue weighted by molar-refractivity contribution is 9.10. The van der Waals surface area contributed by atoms with E-state index in [1.54, 1.807) is 0 Å². The third-order valence-electron chi connectivity index (χ3n) is 5.13. The molecule has 1 atom stereocenters. The fourth-order valence-electron chi connectivity index (χ4n) is 3.57. The lowest BCUT2D eigenvalue weighted by atomic mass is 10.2. The molecule has 1 fully saturated rings. The van der Waals surface area contributed by atoms with E-state index in [4.69, 9.17) is 0 Å². The number of thioether (sulfide) groups is 1. The van der Waals surface area contributed by atoms with E-state index in [2.05, 4.69) is 47.6 Å². The van der Waals surface area contributed by atoms with Gasteiger partial charge in [-0.25, -0.2) is 10.4 Å². The molecule has 1 unspecified atom stereocenters. The maximum atomic E-state index is 13.4. The molecule has 10 heteroatoms. The minimum atomic E-state index is -0.325. The zero-order valence-corrected chi connectivity index (χ0v) is 22.9. The number of para-hydroxylation sites is 1. The summed E-state index contributed by atoms with van der Waals surface area (Å²) in [6.45, 7) is -0.0725. The molecule has 6 nitrogen and oxygen atoms in total. The van der Waals surface area contributed by atoms with Crippen LogP contribution in [-0.4, -0.2) is 28.4 Å². The van der Waals surface area contributed by atoms with E-state index in [0.717, 1.165) is 30.3 Å². The highest BCUT2D eigenvalue weighted by Gasteiger charge is 2.37. The fourth-order valence-corrected chi connectivity index (χ4v) is 6.49. The number of halogens is 2. The number of benzene rings is 3. The summed E-state index contributed by atoms with van der Waals surface area (Å²) in [7, 11) is 0. The van der Waals surface area contributed by atoms with Crippen molar-refractivity contribution < 1.29 is 9.59 Å². The van der Waals surface area contributed by atoms with Gasteiger partial charge in [-0.05, 0) is 53.6 Å². The second-order valence-electron chi connectivity index (χ2n) is 7.63. The third-order valence-corrected chi connectivity index (χ3v) is 8.32. The van der Waals surface area contributed by atoms with Crippen molar-refractivity contribution in [2.24, 2.45) is 0 Å². The summed E-state index contributed by atoms with van der Waals surface area (Å²) in [5, 5.41) is 4.55.